The SMILES string of the molecule is CCOc1ccc(C=CC(c2ccccn2)N2CCOCC2)cc1. The number of ether oxygens (including phenoxy) is 2. The van der Waals surface area contributed by atoms with Gasteiger partial charge < -0.3 is 9.47 Å². The Morgan fingerprint density at radius 1 is 1.17 bits per heavy atom. The third-order valence-corrected chi connectivity index (χ3v) is 4.09. The summed E-state index contributed by atoms with van der Waals surface area (Å²) in [6, 6.07) is 14.4. The Bertz CT molecular complexity index is 634. The highest BCUT2D eigenvalue weighted by atomic mass is 16.5. The van der Waals surface area contributed by atoms with Crippen molar-refractivity contribution < 1.29 is 9.47 Å². The number of aromatic nitrogens is 1. The van der Waals surface area contributed by atoms with Crippen molar-refractivity contribution in [1.82, 2.24) is 9.88 Å². The molecule has 0 radical (unpaired) electrons. The fourth-order valence-corrected chi connectivity index (χ4v) is 2.86. The minimum atomic E-state index is 0.168. The lowest BCUT2D eigenvalue weighted by Gasteiger charge is -2.32. The van der Waals surface area contributed by atoms with E-state index in [0.29, 0.717) is 6.61 Å². The van der Waals surface area contributed by atoms with E-state index in [4.69, 9.17) is 9.47 Å². The summed E-state index contributed by atoms with van der Waals surface area (Å²) in [6.07, 6.45) is 6.24. The summed E-state index contributed by atoms with van der Waals surface area (Å²) in [5.41, 5.74) is 2.23. The van der Waals surface area contributed by atoms with Crippen molar-refractivity contribution in [2.75, 3.05) is 32.9 Å². The second-order valence-electron chi connectivity index (χ2n) is 5.71. The number of benzene rings is 1. The van der Waals surface area contributed by atoms with Crippen molar-refractivity contribution in [3.05, 3.63) is 66.0 Å². The number of hydrogen-bond acceptors (Lipinski definition) is 4. The first-order chi connectivity index (χ1) is 11.9. The van der Waals surface area contributed by atoms with Crippen LogP contribution >= 0.6 is 0 Å². The second kappa shape index (κ2) is 8.62. The van der Waals surface area contributed by atoms with E-state index in [1.165, 1.54) is 0 Å². The number of rotatable bonds is 6. The van der Waals surface area contributed by atoms with E-state index in [1.54, 1.807) is 0 Å². The van der Waals surface area contributed by atoms with Crippen LogP contribution < -0.4 is 4.74 Å². The lowest BCUT2D eigenvalue weighted by Crippen LogP contribution is -2.38. The van der Waals surface area contributed by atoms with E-state index < -0.39 is 0 Å². The molecular formula is C20H24N2O2. The van der Waals surface area contributed by atoms with Crippen LogP contribution in [0, 0.1) is 0 Å². The van der Waals surface area contributed by atoms with Crippen LogP contribution in [0.1, 0.15) is 24.2 Å². The maximum Gasteiger partial charge on any atom is 0.119 e. The summed E-state index contributed by atoms with van der Waals surface area (Å²) in [6.45, 7) is 6.09. The quantitative estimate of drug-likeness (QED) is 0.814. The van der Waals surface area contributed by atoms with Gasteiger partial charge in [-0.2, -0.15) is 0 Å². The predicted molar refractivity (Wildman–Crippen MR) is 96.0 cm³/mol. The molecule has 1 atom stereocenters. The average molecular weight is 324 g/mol. The van der Waals surface area contributed by atoms with Crippen LogP contribution in [0.25, 0.3) is 6.08 Å². The summed E-state index contributed by atoms with van der Waals surface area (Å²) in [5.74, 6) is 0.907. The fourth-order valence-electron chi connectivity index (χ4n) is 2.86. The van der Waals surface area contributed by atoms with Crippen molar-refractivity contribution in [2.24, 2.45) is 0 Å². The molecule has 4 nitrogen and oxygen atoms in total. The first-order valence-corrected chi connectivity index (χ1v) is 8.50. The Morgan fingerprint density at radius 3 is 2.62 bits per heavy atom. The maximum absolute atomic E-state index is 5.49. The van der Waals surface area contributed by atoms with Gasteiger partial charge in [0.15, 0.2) is 0 Å². The molecule has 0 bridgehead atoms. The molecule has 24 heavy (non-hydrogen) atoms. The van der Waals surface area contributed by atoms with E-state index in [-0.39, 0.29) is 6.04 Å². The van der Waals surface area contributed by atoms with Crippen LogP contribution in [-0.4, -0.2) is 42.8 Å². The maximum atomic E-state index is 5.49. The number of nitrogens with zero attached hydrogens (tertiary/aromatic N) is 2. The number of pyridine rings is 1. The Morgan fingerprint density at radius 2 is 1.96 bits per heavy atom. The minimum Gasteiger partial charge on any atom is -0.494 e. The zero-order valence-electron chi connectivity index (χ0n) is 14.1. The molecule has 1 unspecified atom stereocenters. The van der Waals surface area contributed by atoms with Crippen molar-refractivity contribution in [3.63, 3.8) is 0 Å². The fraction of sp³-hybridized carbons (Fsp3) is 0.350. The molecule has 126 valence electrons. The Labute approximate surface area is 143 Å². The minimum absolute atomic E-state index is 0.168. The lowest BCUT2D eigenvalue weighted by atomic mass is 10.1. The summed E-state index contributed by atoms with van der Waals surface area (Å²) < 4.78 is 11.0. The molecule has 0 amide bonds. The van der Waals surface area contributed by atoms with Crippen LogP contribution in [0.5, 0.6) is 5.75 Å². The van der Waals surface area contributed by atoms with E-state index in [1.807, 2.05) is 37.4 Å². The van der Waals surface area contributed by atoms with E-state index >= 15 is 0 Å². The van der Waals surface area contributed by atoms with Crippen molar-refractivity contribution in [1.29, 1.82) is 0 Å². The largest absolute Gasteiger partial charge is 0.494 e. The molecule has 1 aliphatic heterocycles. The Hall–Kier alpha value is -2.17. The second-order valence-corrected chi connectivity index (χ2v) is 5.71. The molecule has 2 heterocycles. The molecule has 3 rings (SSSR count). The summed E-state index contributed by atoms with van der Waals surface area (Å²) in [5, 5.41) is 0. The van der Waals surface area contributed by atoms with Crippen LogP contribution in [0.3, 0.4) is 0 Å². The first-order valence-electron chi connectivity index (χ1n) is 8.50. The highest BCUT2D eigenvalue weighted by molar-refractivity contribution is 5.51. The van der Waals surface area contributed by atoms with Gasteiger partial charge in [-0.1, -0.05) is 30.4 Å². The third-order valence-electron chi connectivity index (χ3n) is 4.09. The van der Waals surface area contributed by atoms with Gasteiger partial charge in [-0.15, -0.1) is 0 Å². The van der Waals surface area contributed by atoms with Gasteiger partial charge in [0.2, 0.25) is 0 Å². The molecule has 1 fully saturated rings. The van der Waals surface area contributed by atoms with E-state index in [9.17, 15) is 0 Å². The monoisotopic (exact) mass is 324 g/mol. The topological polar surface area (TPSA) is 34.6 Å². The average Bonchev–Trinajstić information content (AvgIpc) is 2.65. The Kier molecular flexibility index (Phi) is 5.99. The standard InChI is InChI=1S/C20H24N2O2/c1-2-24-18-9-6-17(7-10-18)8-11-20(19-5-3-4-12-21-19)22-13-15-23-16-14-22/h3-12,20H,2,13-16H2,1H3. The molecule has 1 aromatic carbocycles. The molecule has 4 heteroatoms. The summed E-state index contributed by atoms with van der Waals surface area (Å²) in [7, 11) is 0. The van der Waals surface area contributed by atoms with Gasteiger partial charge in [-0.05, 0) is 36.8 Å². The van der Waals surface area contributed by atoms with Gasteiger partial charge >= 0.3 is 0 Å². The predicted octanol–water partition coefficient (Wildman–Crippen LogP) is 3.57. The van der Waals surface area contributed by atoms with Crippen LogP contribution in [0.4, 0.5) is 0 Å². The lowest BCUT2D eigenvalue weighted by molar-refractivity contribution is 0.0247. The highest BCUT2D eigenvalue weighted by Gasteiger charge is 2.21. The van der Waals surface area contributed by atoms with Gasteiger partial charge in [0.05, 0.1) is 31.6 Å². The molecule has 2 aromatic rings. The van der Waals surface area contributed by atoms with Crippen LogP contribution in [0.2, 0.25) is 0 Å². The van der Waals surface area contributed by atoms with Gasteiger partial charge in [-0.25, -0.2) is 0 Å². The molecule has 0 aliphatic carbocycles. The molecular weight excluding hydrogens is 300 g/mol. The van der Waals surface area contributed by atoms with Crippen molar-refractivity contribution in [3.8, 4) is 5.75 Å². The molecule has 1 saturated heterocycles. The molecule has 0 saturated carbocycles. The van der Waals surface area contributed by atoms with Gasteiger partial charge in [0.1, 0.15) is 5.75 Å². The molecule has 0 N–H and O–H groups in total. The normalized spacial score (nSPS) is 17.0. The smallest absolute Gasteiger partial charge is 0.119 e. The number of hydrogen-bond donors (Lipinski definition) is 0. The van der Waals surface area contributed by atoms with Crippen molar-refractivity contribution in [2.45, 2.75) is 13.0 Å². The molecule has 1 aromatic heterocycles. The van der Waals surface area contributed by atoms with Crippen LogP contribution in [0.15, 0.2) is 54.7 Å². The zero-order chi connectivity index (χ0) is 16.6. The van der Waals surface area contributed by atoms with Gasteiger partial charge in [0, 0.05) is 19.3 Å². The highest BCUT2D eigenvalue weighted by Crippen LogP contribution is 2.23. The Balaban J connectivity index is 1.77. The summed E-state index contributed by atoms with van der Waals surface area (Å²) >= 11 is 0. The van der Waals surface area contributed by atoms with Crippen LogP contribution in [-0.2, 0) is 4.74 Å². The van der Waals surface area contributed by atoms with Gasteiger partial charge in [0.25, 0.3) is 0 Å². The summed E-state index contributed by atoms with van der Waals surface area (Å²) in [4.78, 5) is 6.96. The zero-order valence-corrected chi connectivity index (χ0v) is 14.1. The third kappa shape index (κ3) is 4.43. The first kappa shape index (κ1) is 16.7. The molecule has 1 aliphatic rings. The molecule has 0 spiro atoms. The van der Waals surface area contributed by atoms with E-state index in [2.05, 4.69) is 40.2 Å². The van der Waals surface area contributed by atoms with E-state index in [0.717, 1.165) is 43.3 Å². The number of morpholine rings is 1. The van der Waals surface area contributed by atoms with Gasteiger partial charge in [-0.3, -0.25) is 9.88 Å². The van der Waals surface area contributed by atoms with Crippen molar-refractivity contribution >= 4 is 6.08 Å².